The Morgan fingerprint density at radius 2 is 1.76 bits per heavy atom. The van der Waals surface area contributed by atoms with Crippen LogP contribution in [0.3, 0.4) is 0 Å². The van der Waals surface area contributed by atoms with E-state index in [1.54, 1.807) is 12.1 Å². The normalized spacial score (nSPS) is 21.0. The highest BCUT2D eigenvalue weighted by atomic mass is 16.6. The van der Waals surface area contributed by atoms with Crippen LogP contribution in [-0.2, 0) is 0 Å². The van der Waals surface area contributed by atoms with Gasteiger partial charge in [0, 0.05) is 23.9 Å². The number of anilines is 1. The molecule has 2 rings (SSSR count). The summed E-state index contributed by atoms with van der Waals surface area (Å²) in [4.78, 5) is 10.6. The van der Waals surface area contributed by atoms with Crippen LogP contribution >= 0.6 is 0 Å². The summed E-state index contributed by atoms with van der Waals surface area (Å²) in [6.45, 7) is 11.2. The number of benzene rings is 1. The van der Waals surface area contributed by atoms with E-state index in [1.807, 2.05) is 13.0 Å². The van der Waals surface area contributed by atoms with E-state index in [0.717, 1.165) is 24.1 Å². The highest BCUT2D eigenvalue weighted by molar-refractivity contribution is 5.57. The molecule has 4 nitrogen and oxygen atoms in total. The molecular formula is C17H26N2O2. The van der Waals surface area contributed by atoms with Crippen molar-refractivity contribution in [3.63, 3.8) is 0 Å². The average molecular weight is 290 g/mol. The minimum absolute atomic E-state index is 0.150. The zero-order chi connectivity index (χ0) is 15.8. The lowest BCUT2D eigenvalue weighted by atomic mass is 9.63. The van der Waals surface area contributed by atoms with Crippen molar-refractivity contribution >= 4 is 11.4 Å². The molecule has 1 aromatic rings. The van der Waals surface area contributed by atoms with Gasteiger partial charge in [0.1, 0.15) is 0 Å². The van der Waals surface area contributed by atoms with E-state index in [4.69, 9.17) is 0 Å². The Hall–Kier alpha value is -1.58. The number of rotatable bonds is 3. The molecule has 1 aliphatic rings. The van der Waals surface area contributed by atoms with Crippen LogP contribution in [0.15, 0.2) is 18.2 Å². The van der Waals surface area contributed by atoms with Gasteiger partial charge < -0.3 is 5.32 Å². The van der Waals surface area contributed by atoms with E-state index in [0.29, 0.717) is 16.9 Å². The summed E-state index contributed by atoms with van der Waals surface area (Å²) in [6, 6.07) is 5.41. The summed E-state index contributed by atoms with van der Waals surface area (Å²) < 4.78 is 0. The van der Waals surface area contributed by atoms with Gasteiger partial charge in [-0.1, -0.05) is 33.8 Å². The first-order valence-corrected chi connectivity index (χ1v) is 7.60. The van der Waals surface area contributed by atoms with Gasteiger partial charge in [-0.25, -0.2) is 0 Å². The van der Waals surface area contributed by atoms with Gasteiger partial charge >= 0.3 is 0 Å². The fraction of sp³-hybridized carbons (Fsp3) is 0.647. The number of aryl methyl sites for hydroxylation is 1. The molecule has 1 fully saturated rings. The molecule has 0 amide bonds. The van der Waals surface area contributed by atoms with E-state index < -0.39 is 0 Å². The van der Waals surface area contributed by atoms with Gasteiger partial charge in [-0.2, -0.15) is 0 Å². The van der Waals surface area contributed by atoms with Gasteiger partial charge in [0.25, 0.3) is 5.69 Å². The molecule has 0 atom stereocenters. The molecular weight excluding hydrogens is 264 g/mol. The maximum Gasteiger partial charge on any atom is 0.271 e. The van der Waals surface area contributed by atoms with E-state index in [-0.39, 0.29) is 10.6 Å². The average Bonchev–Trinajstić information content (AvgIpc) is 2.27. The predicted molar refractivity (Wildman–Crippen MR) is 86.7 cm³/mol. The SMILES string of the molecule is Cc1ccc([N+](=O)[O-])cc1NC1CC(C)(C)CC(C)(C)C1. The third-order valence-corrected chi connectivity index (χ3v) is 4.35. The smallest absolute Gasteiger partial charge is 0.271 e. The minimum Gasteiger partial charge on any atom is -0.382 e. The van der Waals surface area contributed by atoms with Crippen molar-refractivity contribution in [1.82, 2.24) is 0 Å². The number of nitro groups is 1. The van der Waals surface area contributed by atoms with Gasteiger partial charge in [-0.15, -0.1) is 0 Å². The Kier molecular flexibility index (Phi) is 4.00. The molecule has 0 unspecified atom stereocenters. The minimum atomic E-state index is -0.334. The van der Waals surface area contributed by atoms with Gasteiger partial charge in [0.05, 0.1) is 4.92 Å². The van der Waals surface area contributed by atoms with Crippen molar-refractivity contribution in [2.24, 2.45) is 10.8 Å². The second-order valence-electron chi connectivity index (χ2n) is 8.01. The number of hydrogen-bond acceptors (Lipinski definition) is 3. The zero-order valence-electron chi connectivity index (χ0n) is 13.7. The molecule has 1 aromatic carbocycles. The fourth-order valence-electron chi connectivity index (χ4n) is 4.05. The van der Waals surface area contributed by atoms with E-state index >= 15 is 0 Å². The molecule has 0 aliphatic heterocycles. The molecule has 0 heterocycles. The molecule has 0 spiro atoms. The van der Waals surface area contributed by atoms with Crippen LogP contribution < -0.4 is 5.32 Å². The summed E-state index contributed by atoms with van der Waals surface area (Å²) in [5.74, 6) is 0. The number of non-ortho nitro benzene ring substituents is 1. The molecule has 1 saturated carbocycles. The van der Waals surface area contributed by atoms with Gasteiger partial charge in [-0.05, 0) is 42.6 Å². The number of nitro benzene ring substituents is 1. The molecule has 0 radical (unpaired) electrons. The molecule has 0 bridgehead atoms. The quantitative estimate of drug-likeness (QED) is 0.635. The Bertz CT molecular complexity index is 534. The van der Waals surface area contributed by atoms with Crippen LogP contribution in [0, 0.1) is 27.9 Å². The lowest BCUT2D eigenvalue weighted by Crippen LogP contribution is -2.40. The van der Waals surface area contributed by atoms with Crippen LogP contribution in [0.5, 0.6) is 0 Å². The maximum absolute atomic E-state index is 10.9. The lowest BCUT2D eigenvalue weighted by Gasteiger charge is -2.45. The summed E-state index contributed by atoms with van der Waals surface area (Å²) in [7, 11) is 0. The largest absolute Gasteiger partial charge is 0.382 e. The van der Waals surface area contributed by atoms with Crippen LogP contribution in [0.25, 0.3) is 0 Å². The van der Waals surface area contributed by atoms with Gasteiger partial charge in [0.2, 0.25) is 0 Å². The van der Waals surface area contributed by atoms with Crippen LogP contribution in [-0.4, -0.2) is 11.0 Å². The number of hydrogen-bond donors (Lipinski definition) is 1. The second kappa shape index (κ2) is 5.32. The van der Waals surface area contributed by atoms with Crippen LogP contribution in [0.2, 0.25) is 0 Å². The van der Waals surface area contributed by atoms with E-state index in [2.05, 4.69) is 33.0 Å². The van der Waals surface area contributed by atoms with Crippen LogP contribution in [0.4, 0.5) is 11.4 Å². The first-order chi connectivity index (χ1) is 9.58. The van der Waals surface area contributed by atoms with E-state index in [1.165, 1.54) is 6.42 Å². The fourth-order valence-corrected chi connectivity index (χ4v) is 4.05. The Balaban J connectivity index is 2.21. The van der Waals surface area contributed by atoms with Crippen molar-refractivity contribution in [1.29, 1.82) is 0 Å². The Morgan fingerprint density at radius 1 is 1.19 bits per heavy atom. The third-order valence-electron chi connectivity index (χ3n) is 4.35. The highest BCUT2D eigenvalue weighted by Crippen LogP contribution is 2.46. The molecule has 116 valence electrons. The van der Waals surface area contributed by atoms with Gasteiger partial charge in [0.15, 0.2) is 0 Å². The van der Waals surface area contributed by atoms with Crippen LogP contribution in [0.1, 0.15) is 52.5 Å². The van der Waals surface area contributed by atoms with E-state index in [9.17, 15) is 10.1 Å². The van der Waals surface area contributed by atoms with Crippen molar-refractivity contribution in [3.05, 3.63) is 33.9 Å². The molecule has 21 heavy (non-hydrogen) atoms. The van der Waals surface area contributed by atoms with Crippen molar-refractivity contribution in [2.45, 2.75) is 59.9 Å². The molecule has 0 aromatic heterocycles. The summed E-state index contributed by atoms with van der Waals surface area (Å²) in [5.41, 5.74) is 2.70. The zero-order valence-corrected chi connectivity index (χ0v) is 13.7. The predicted octanol–water partition coefficient (Wildman–Crippen LogP) is 4.92. The lowest BCUT2D eigenvalue weighted by molar-refractivity contribution is -0.384. The molecule has 1 aliphatic carbocycles. The van der Waals surface area contributed by atoms with Gasteiger partial charge in [-0.3, -0.25) is 10.1 Å². The molecule has 1 N–H and O–H groups in total. The summed E-state index contributed by atoms with van der Waals surface area (Å²) >= 11 is 0. The number of nitrogens with zero attached hydrogens (tertiary/aromatic N) is 1. The summed E-state index contributed by atoms with van der Waals surface area (Å²) in [5, 5.41) is 14.5. The van der Waals surface area contributed by atoms with Crippen molar-refractivity contribution in [2.75, 3.05) is 5.32 Å². The van der Waals surface area contributed by atoms with Crippen molar-refractivity contribution < 1.29 is 4.92 Å². The number of nitrogens with one attached hydrogen (secondary N) is 1. The molecule has 0 saturated heterocycles. The maximum atomic E-state index is 10.9. The van der Waals surface area contributed by atoms with Crippen molar-refractivity contribution in [3.8, 4) is 0 Å². The standard InChI is InChI=1S/C17H26N2O2/c1-12-6-7-14(19(20)21)8-15(12)18-13-9-16(2,3)11-17(4,5)10-13/h6-8,13,18H,9-11H2,1-5H3. The first kappa shape index (κ1) is 15.8. The second-order valence-corrected chi connectivity index (χ2v) is 8.01. The monoisotopic (exact) mass is 290 g/mol. The first-order valence-electron chi connectivity index (χ1n) is 7.60. The topological polar surface area (TPSA) is 55.2 Å². The Morgan fingerprint density at radius 3 is 2.29 bits per heavy atom. The third kappa shape index (κ3) is 3.96. The molecule has 4 heteroatoms. The summed E-state index contributed by atoms with van der Waals surface area (Å²) in [6.07, 6.45) is 3.41. The Labute approximate surface area is 127 Å². The highest BCUT2D eigenvalue weighted by Gasteiger charge is 2.38.